The van der Waals surface area contributed by atoms with Crippen molar-refractivity contribution >= 4 is 29.1 Å². The van der Waals surface area contributed by atoms with Gasteiger partial charge in [0.05, 0.1) is 10.6 Å². The van der Waals surface area contributed by atoms with Gasteiger partial charge in [0.2, 0.25) is 0 Å². The van der Waals surface area contributed by atoms with Gasteiger partial charge in [-0.1, -0.05) is 0 Å². The molecule has 1 aromatic heterocycles. The third-order valence-electron chi connectivity index (χ3n) is 2.84. The third kappa shape index (κ3) is 3.24. The van der Waals surface area contributed by atoms with Gasteiger partial charge in [0, 0.05) is 31.4 Å². The number of aromatic nitrogens is 1. The highest BCUT2D eigenvalue weighted by atomic mass is 32.1. The van der Waals surface area contributed by atoms with Gasteiger partial charge in [-0.2, -0.15) is 0 Å². The summed E-state index contributed by atoms with van der Waals surface area (Å²) in [5, 5.41) is 9.57. The maximum Gasteiger partial charge on any atom is 0.328 e. The first-order valence-electron chi connectivity index (χ1n) is 6.13. The molecule has 0 atom stereocenters. The number of thiazole rings is 1. The van der Waals surface area contributed by atoms with Crippen LogP contribution < -0.4 is 4.90 Å². The van der Waals surface area contributed by atoms with Gasteiger partial charge in [-0.25, -0.2) is 9.78 Å². The first kappa shape index (κ1) is 14.3. The molecule has 2 rings (SSSR count). The molecule has 0 saturated heterocycles. The fourth-order valence-corrected chi connectivity index (χ4v) is 2.71. The summed E-state index contributed by atoms with van der Waals surface area (Å²) >= 11 is 1.49. The molecule has 104 valence electrons. The molecule has 2 aromatic rings. The Labute approximate surface area is 122 Å². The van der Waals surface area contributed by atoms with Crippen LogP contribution in [0.5, 0.6) is 0 Å². The standard InChI is InChI=1S/C15H16N2O2S/c1-10-13(8-9-14(18)19)20-15(16-10)11-4-6-12(7-5-11)17(2)3/h4-9H,1-3H3,(H,18,19)/b9-8+. The minimum atomic E-state index is -0.949. The fourth-order valence-electron chi connectivity index (χ4n) is 1.74. The summed E-state index contributed by atoms with van der Waals surface area (Å²) in [6.07, 6.45) is 2.73. The van der Waals surface area contributed by atoms with Crippen LogP contribution >= 0.6 is 11.3 Å². The van der Waals surface area contributed by atoms with E-state index in [1.54, 1.807) is 6.08 Å². The lowest BCUT2D eigenvalue weighted by atomic mass is 10.2. The molecule has 1 heterocycles. The van der Waals surface area contributed by atoms with E-state index < -0.39 is 5.97 Å². The van der Waals surface area contributed by atoms with Crippen LogP contribution in [0.3, 0.4) is 0 Å². The van der Waals surface area contributed by atoms with Gasteiger partial charge in [0.1, 0.15) is 5.01 Å². The number of aryl methyl sites for hydroxylation is 1. The summed E-state index contributed by atoms with van der Waals surface area (Å²) in [7, 11) is 3.99. The van der Waals surface area contributed by atoms with Crippen LogP contribution in [0.4, 0.5) is 5.69 Å². The Kier molecular flexibility index (Phi) is 4.20. The van der Waals surface area contributed by atoms with Crippen molar-refractivity contribution in [2.24, 2.45) is 0 Å². The van der Waals surface area contributed by atoms with Crippen LogP contribution in [-0.4, -0.2) is 30.2 Å². The molecule has 0 aliphatic rings. The number of anilines is 1. The summed E-state index contributed by atoms with van der Waals surface area (Å²) in [5.41, 5.74) is 3.02. The van der Waals surface area contributed by atoms with Crippen molar-refractivity contribution in [3.8, 4) is 10.6 Å². The minimum Gasteiger partial charge on any atom is -0.478 e. The first-order valence-corrected chi connectivity index (χ1v) is 6.95. The van der Waals surface area contributed by atoms with Crippen LogP contribution in [-0.2, 0) is 4.79 Å². The van der Waals surface area contributed by atoms with Gasteiger partial charge in [0.25, 0.3) is 0 Å². The zero-order chi connectivity index (χ0) is 14.7. The number of nitrogens with zero attached hydrogens (tertiary/aromatic N) is 2. The number of hydrogen-bond acceptors (Lipinski definition) is 4. The van der Waals surface area contributed by atoms with Crippen molar-refractivity contribution in [2.45, 2.75) is 6.92 Å². The largest absolute Gasteiger partial charge is 0.478 e. The molecular weight excluding hydrogens is 272 g/mol. The molecule has 0 bridgehead atoms. The predicted molar refractivity (Wildman–Crippen MR) is 83.3 cm³/mol. The van der Waals surface area contributed by atoms with Crippen molar-refractivity contribution in [1.29, 1.82) is 0 Å². The molecule has 0 aliphatic carbocycles. The molecule has 4 nitrogen and oxygen atoms in total. The number of aliphatic carboxylic acids is 1. The Morgan fingerprint density at radius 2 is 1.95 bits per heavy atom. The van der Waals surface area contributed by atoms with E-state index in [2.05, 4.69) is 4.98 Å². The van der Waals surface area contributed by atoms with Crippen molar-refractivity contribution in [3.05, 3.63) is 40.9 Å². The second kappa shape index (κ2) is 5.88. The Morgan fingerprint density at radius 1 is 1.30 bits per heavy atom. The summed E-state index contributed by atoms with van der Waals surface area (Å²) in [4.78, 5) is 18.0. The predicted octanol–water partition coefficient (Wildman–Crippen LogP) is 3.28. The number of rotatable bonds is 4. The Balaban J connectivity index is 2.29. The molecule has 5 heteroatoms. The second-order valence-corrected chi connectivity index (χ2v) is 5.61. The third-order valence-corrected chi connectivity index (χ3v) is 4.01. The number of carbonyl (C=O) groups is 1. The fraction of sp³-hybridized carbons (Fsp3) is 0.200. The zero-order valence-electron chi connectivity index (χ0n) is 11.6. The molecule has 0 amide bonds. The van der Waals surface area contributed by atoms with Crippen molar-refractivity contribution in [1.82, 2.24) is 4.98 Å². The van der Waals surface area contributed by atoms with Crippen molar-refractivity contribution in [3.63, 3.8) is 0 Å². The Morgan fingerprint density at radius 3 is 2.50 bits per heavy atom. The van der Waals surface area contributed by atoms with Crippen LogP contribution in [0.2, 0.25) is 0 Å². The summed E-state index contributed by atoms with van der Waals surface area (Å²) in [6, 6.07) is 8.13. The maximum atomic E-state index is 10.6. The highest BCUT2D eigenvalue weighted by Crippen LogP contribution is 2.29. The van der Waals surface area contributed by atoms with Crippen LogP contribution in [0.25, 0.3) is 16.6 Å². The van der Waals surface area contributed by atoms with E-state index in [1.807, 2.05) is 50.2 Å². The molecule has 1 aromatic carbocycles. The molecule has 0 radical (unpaired) electrons. The molecule has 0 spiro atoms. The normalized spacial score (nSPS) is 10.9. The van der Waals surface area contributed by atoms with Gasteiger partial charge >= 0.3 is 5.97 Å². The van der Waals surface area contributed by atoms with Gasteiger partial charge < -0.3 is 10.0 Å². The lowest BCUT2D eigenvalue weighted by molar-refractivity contribution is -0.131. The quantitative estimate of drug-likeness (QED) is 0.877. The lowest BCUT2D eigenvalue weighted by Crippen LogP contribution is -2.07. The van der Waals surface area contributed by atoms with Crippen LogP contribution in [0, 0.1) is 6.92 Å². The maximum absolute atomic E-state index is 10.6. The number of hydrogen-bond donors (Lipinski definition) is 1. The summed E-state index contributed by atoms with van der Waals surface area (Å²) in [6.45, 7) is 1.88. The van der Waals surface area contributed by atoms with Gasteiger partial charge in [-0.15, -0.1) is 11.3 Å². The lowest BCUT2D eigenvalue weighted by Gasteiger charge is -2.11. The second-order valence-electron chi connectivity index (χ2n) is 4.58. The van der Waals surface area contributed by atoms with E-state index in [1.165, 1.54) is 11.3 Å². The molecule has 0 saturated carbocycles. The van der Waals surface area contributed by atoms with Gasteiger partial charge in [-0.05, 0) is 37.3 Å². The average Bonchev–Trinajstić information content (AvgIpc) is 2.78. The van der Waals surface area contributed by atoms with E-state index in [4.69, 9.17) is 5.11 Å². The first-order chi connectivity index (χ1) is 9.47. The van der Waals surface area contributed by atoms with Gasteiger partial charge in [0.15, 0.2) is 0 Å². The number of carboxylic acids is 1. The molecule has 0 fully saturated rings. The molecule has 0 aliphatic heterocycles. The van der Waals surface area contributed by atoms with E-state index in [9.17, 15) is 4.79 Å². The van der Waals surface area contributed by atoms with E-state index in [0.29, 0.717) is 0 Å². The highest BCUT2D eigenvalue weighted by Gasteiger charge is 2.08. The summed E-state index contributed by atoms with van der Waals surface area (Å²) < 4.78 is 0. The minimum absolute atomic E-state index is 0.846. The van der Waals surface area contributed by atoms with Crippen molar-refractivity contribution in [2.75, 3.05) is 19.0 Å². The molecule has 1 N–H and O–H groups in total. The van der Waals surface area contributed by atoms with Gasteiger partial charge in [-0.3, -0.25) is 0 Å². The van der Waals surface area contributed by atoms with E-state index >= 15 is 0 Å². The Hall–Kier alpha value is -2.14. The van der Waals surface area contributed by atoms with Crippen LogP contribution in [0.15, 0.2) is 30.3 Å². The average molecular weight is 288 g/mol. The topological polar surface area (TPSA) is 53.4 Å². The highest BCUT2D eigenvalue weighted by molar-refractivity contribution is 7.16. The smallest absolute Gasteiger partial charge is 0.328 e. The van der Waals surface area contributed by atoms with Crippen LogP contribution in [0.1, 0.15) is 10.6 Å². The summed E-state index contributed by atoms with van der Waals surface area (Å²) in [5.74, 6) is -0.949. The number of benzene rings is 1. The SMILES string of the molecule is Cc1nc(-c2ccc(N(C)C)cc2)sc1/C=C/C(=O)O. The molecule has 20 heavy (non-hydrogen) atoms. The van der Waals surface area contributed by atoms with Crippen molar-refractivity contribution < 1.29 is 9.90 Å². The van der Waals surface area contributed by atoms with E-state index in [0.717, 1.165) is 32.9 Å². The van der Waals surface area contributed by atoms with E-state index in [-0.39, 0.29) is 0 Å². The zero-order valence-corrected chi connectivity index (χ0v) is 12.4. The molecular formula is C15H16N2O2S. The monoisotopic (exact) mass is 288 g/mol. The Bertz CT molecular complexity index is 642. The number of carboxylic acid groups (broad SMARTS) is 1. The molecule has 0 unspecified atom stereocenters.